The molecule has 46 heavy (non-hydrogen) atoms. The summed E-state index contributed by atoms with van der Waals surface area (Å²) in [5.74, 6) is -0.142. The first kappa shape index (κ1) is 33.4. The van der Waals surface area contributed by atoms with Gasteiger partial charge in [0.15, 0.2) is 47.4 Å². The number of methoxy groups -OCH3 is 1. The predicted molar refractivity (Wildman–Crippen MR) is 162 cm³/mol. The normalized spacial score (nSPS) is 30.3. The summed E-state index contributed by atoms with van der Waals surface area (Å²) < 4.78 is 67.1. The Balaban J connectivity index is 1.18. The standard InChI is InChI=1S/C21H26F2N10O9P2S2/c1-37-14-9(22)7(40-20(14)33-6-29-12-17(33)30-21(25)31-18(12)34)3-39-44(36,46)42-13-8(2-38-43(35)45)41-19(10(13)23)32-5-28-11-15(24)26-4-27-16(11)32/h4-10,13-14,19-20,35,45H,2-3H2,1H3,(H,36,46)(H2,24,26,27)(H3,25,30,31,34)/t7-,8-,9?,10+,13?,14+,19-,20-,43?,44?/m1/s1. The number of alkyl halides is 2. The average molecular weight is 727 g/mol. The number of halogens is 2. The van der Waals surface area contributed by atoms with E-state index in [1.165, 1.54) is 28.9 Å². The smallest absolute Gasteiger partial charge is 0.325 e. The number of imidazole rings is 2. The third-order valence-corrected chi connectivity index (χ3v) is 9.49. The molecule has 0 saturated carbocycles. The summed E-state index contributed by atoms with van der Waals surface area (Å²) in [6.45, 7) is -5.40. The summed E-state index contributed by atoms with van der Waals surface area (Å²) in [7, 11) is -0.925. The summed E-state index contributed by atoms with van der Waals surface area (Å²) in [4.78, 5) is 55.1. The molecule has 0 amide bonds. The molecule has 0 bridgehead atoms. The van der Waals surface area contributed by atoms with E-state index >= 15 is 8.78 Å². The van der Waals surface area contributed by atoms with Gasteiger partial charge in [-0.15, -0.1) is 0 Å². The molecule has 10 atom stereocenters. The number of aromatic amines is 1. The van der Waals surface area contributed by atoms with E-state index in [1.807, 2.05) is 0 Å². The molecule has 7 N–H and O–H groups in total. The summed E-state index contributed by atoms with van der Waals surface area (Å²) in [5, 5.41) is 0. The molecular weight excluding hydrogens is 700 g/mol. The van der Waals surface area contributed by atoms with Gasteiger partial charge in [-0.1, -0.05) is 12.2 Å². The van der Waals surface area contributed by atoms with Crippen molar-refractivity contribution < 1.29 is 46.3 Å². The summed E-state index contributed by atoms with van der Waals surface area (Å²) in [6, 6.07) is 0. The zero-order valence-electron chi connectivity index (χ0n) is 23.3. The van der Waals surface area contributed by atoms with E-state index in [0.717, 1.165) is 6.33 Å². The topological polar surface area (TPSA) is 255 Å². The molecule has 4 aromatic heterocycles. The number of nitrogens with zero attached hydrogens (tertiary/aromatic N) is 7. The van der Waals surface area contributed by atoms with Crippen LogP contribution in [0.4, 0.5) is 20.5 Å². The molecule has 25 heteroatoms. The predicted octanol–water partition coefficient (Wildman–Crippen LogP) is 0.394. The molecular formula is C21H26F2N10O9P2S2. The Kier molecular flexibility index (Phi) is 9.56. The van der Waals surface area contributed by atoms with E-state index in [-0.39, 0.29) is 34.1 Å². The van der Waals surface area contributed by atoms with Crippen molar-refractivity contribution in [2.24, 2.45) is 0 Å². The van der Waals surface area contributed by atoms with Crippen molar-refractivity contribution in [2.45, 2.75) is 49.2 Å². The zero-order valence-corrected chi connectivity index (χ0v) is 26.8. The second kappa shape index (κ2) is 13.2. The monoisotopic (exact) mass is 726 g/mol. The highest BCUT2D eigenvalue weighted by Crippen LogP contribution is 2.51. The fourth-order valence-corrected chi connectivity index (χ4v) is 7.07. The van der Waals surface area contributed by atoms with Crippen molar-refractivity contribution in [3.8, 4) is 0 Å². The number of ether oxygens (including phenoxy) is 3. The van der Waals surface area contributed by atoms with Gasteiger partial charge in [-0.3, -0.25) is 23.4 Å². The molecule has 0 aliphatic carbocycles. The maximum absolute atomic E-state index is 16.0. The summed E-state index contributed by atoms with van der Waals surface area (Å²) in [5.41, 5.74) is 11.2. The van der Waals surface area contributed by atoms with Gasteiger partial charge in [-0.05, 0) is 11.8 Å². The van der Waals surface area contributed by atoms with E-state index in [9.17, 15) is 14.6 Å². The first-order valence-electron chi connectivity index (χ1n) is 13.1. The fraction of sp³-hybridized carbons (Fsp3) is 0.524. The highest BCUT2D eigenvalue weighted by atomic mass is 32.7. The van der Waals surface area contributed by atoms with Crippen molar-refractivity contribution in [3.63, 3.8) is 0 Å². The molecule has 2 aliphatic heterocycles. The zero-order chi connectivity index (χ0) is 32.9. The Morgan fingerprint density at radius 3 is 2.48 bits per heavy atom. The largest absolute Gasteiger partial charge is 0.382 e. The van der Waals surface area contributed by atoms with Crippen molar-refractivity contribution in [1.29, 1.82) is 0 Å². The Morgan fingerprint density at radius 1 is 1.07 bits per heavy atom. The number of rotatable bonds is 11. The van der Waals surface area contributed by atoms with Crippen LogP contribution >= 0.6 is 26.5 Å². The third-order valence-electron chi connectivity index (χ3n) is 7.20. The highest BCUT2D eigenvalue weighted by Gasteiger charge is 2.51. The van der Waals surface area contributed by atoms with E-state index in [2.05, 4.69) is 42.2 Å². The van der Waals surface area contributed by atoms with Crippen molar-refractivity contribution in [3.05, 3.63) is 29.3 Å². The molecule has 2 fully saturated rings. The molecule has 0 radical (unpaired) electrons. The second-order valence-corrected chi connectivity index (χ2v) is 14.5. The van der Waals surface area contributed by atoms with Crippen LogP contribution in [0, 0.1) is 0 Å². The van der Waals surface area contributed by atoms with Gasteiger partial charge < -0.3 is 44.5 Å². The first-order valence-corrected chi connectivity index (χ1v) is 18.1. The summed E-state index contributed by atoms with van der Waals surface area (Å²) >= 11 is 8.94. The van der Waals surface area contributed by atoms with Gasteiger partial charge in [0.25, 0.3) is 5.56 Å². The Hall–Kier alpha value is -2.53. The number of hydrogen-bond donors (Lipinski definition) is 6. The van der Waals surface area contributed by atoms with Crippen molar-refractivity contribution >= 4 is 72.4 Å². The quantitative estimate of drug-likeness (QED) is 0.0903. The van der Waals surface area contributed by atoms with E-state index in [0.29, 0.717) is 0 Å². The number of nitrogens with two attached hydrogens (primary N) is 2. The third kappa shape index (κ3) is 6.34. The average Bonchev–Trinajstić information content (AvgIpc) is 3.75. The van der Waals surface area contributed by atoms with Gasteiger partial charge in [-0.25, -0.2) is 28.7 Å². The number of fused-ring (bicyclic) bond motifs is 2. The van der Waals surface area contributed by atoms with E-state index in [4.69, 9.17) is 51.1 Å². The van der Waals surface area contributed by atoms with Gasteiger partial charge in [0.1, 0.15) is 36.3 Å². The number of nitrogen functional groups attached to an aromatic ring is 2. The van der Waals surface area contributed by atoms with E-state index < -0.39 is 82.3 Å². The van der Waals surface area contributed by atoms with Crippen LogP contribution in [-0.2, 0) is 39.6 Å². The molecule has 2 aliphatic rings. The van der Waals surface area contributed by atoms with Gasteiger partial charge in [0.05, 0.1) is 25.9 Å². The van der Waals surface area contributed by atoms with Gasteiger partial charge in [0, 0.05) is 7.11 Å². The van der Waals surface area contributed by atoms with Gasteiger partial charge in [-0.2, -0.15) is 4.98 Å². The van der Waals surface area contributed by atoms with Crippen LogP contribution in [0.1, 0.15) is 12.5 Å². The molecule has 4 unspecified atom stereocenters. The van der Waals surface area contributed by atoms with Crippen LogP contribution in [0.3, 0.4) is 0 Å². The Labute approximate surface area is 267 Å². The molecule has 2 saturated heterocycles. The van der Waals surface area contributed by atoms with Crippen LogP contribution in [-0.4, -0.2) is 106 Å². The maximum atomic E-state index is 16.0. The Bertz CT molecular complexity index is 1840. The van der Waals surface area contributed by atoms with Crippen LogP contribution < -0.4 is 17.0 Å². The molecule has 4 aromatic rings. The first-order chi connectivity index (χ1) is 21.9. The van der Waals surface area contributed by atoms with Crippen molar-refractivity contribution in [2.75, 3.05) is 31.8 Å². The number of aromatic nitrogens is 8. The molecule has 0 spiro atoms. The molecule has 0 aromatic carbocycles. The lowest BCUT2D eigenvalue weighted by atomic mass is 10.1. The van der Waals surface area contributed by atoms with Gasteiger partial charge in [0.2, 0.25) is 13.5 Å². The lowest BCUT2D eigenvalue weighted by molar-refractivity contribution is -0.0591. The number of thiol groups is 1. The maximum Gasteiger partial charge on any atom is 0.325 e. The number of nitrogens with one attached hydrogen (secondary N) is 1. The van der Waals surface area contributed by atoms with Crippen LogP contribution in [0.25, 0.3) is 22.3 Å². The number of H-pyrrole nitrogens is 1. The SMILES string of the molecule is CO[C@H]1C(F)[C@@H](COP(O)(=S)OC2[C@@H](COP(O)S)O[C@@H](n3cnc4c(N)ncnc43)[C@H]2F)O[C@H]1n1cnc2c(=O)[nH]c(N)nc21. The lowest BCUT2D eigenvalue weighted by Gasteiger charge is -2.25. The van der Waals surface area contributed by atoms with E-state index in [1.54, 1.807) is 0 Å². The second-order valence-electron chi connectivity index (χ2n) is 9.96. The molecule has 250 valence electrons. The fourth-order valence-electron chi connectivity index (χ4n) is 5.16. The van der Waals surface area contributed by atoms with Crippen LogP contribution in [0.15, 0.2) is 23.8 Å². The van der Waals surface area contributed by atoms with Gasteiger partial charge >= 0.3 is 6.72 Å². The number of hydrogen-bond acceptors (Lipinski definition) is 17. The minimum atomic E-state index is -4.33. The van der Waals surface area contributed by atoms with Crippen LogP contribution in [0.5, 0.6) is 0 Å². The minimum Gasteiger partial charge on any atom is -0.382 e. The minimum absolute atomic E-state index is 0.0169. The Morgan fingerprint density at radius 2 is 1.76 bits per heavy atom. The van der Waals surface area contributed by atoms with Crippen LogP contribution in [0.2, 0.25) is 0 Å². The lowest BCUT2D eigenvalue weighted by Crippen LogP contribution is -2.34. The molecule has 19 nitrogen and oxygen atoms in total. The highest BCUT2D eigenvalue weighted by molar-refractivity contribution is 8.41. The number of anilines is 2. The summed E-state index contributed by atoms with van der Waals surface area (Å²) in [6.07, 6.45) is -8.26. The molecule has 6 rings (SSSR count). The van der Waals surface area contributed by atoms with Crippen molar-refractivity contribution in [1.82, 2.24) is 39.0 Å². The molecule has 6 heterocycles.